The van der Waals surface area contributed by atoms with Gasteiger partial charge in [0, 0.05) is 19.1 Å². The molecule has 1 heterocycles. The number of nitrogens with two attached hydrogens (primary N) is 1. The summed E-state index contributed by atoms with van der Waals surface area (Å²) in [6, 6.07) is 0.235. The van der Waals surface area contributed by atoms with Crippen LogP contribution in [0.15, 0.2) is 0 Å². The lowest BCUT2D eigenvalue weighted by Gasteiger charge is -2.38. The Hall–Kier alpha value is -0.610. The molecule has 0 bridgehead atoms. The predicted octanol–water partition coefficient (Wildman–Crippen LogP) is -0.598. The zero-order chi connectivity index (χ0) is 9.84. The molecule has 4 heteroatoms. The van der Waals surface area contributed by atoms with Crippen LogP contribution >= 0.6 is 0 Å². The lowest BCUT2D eigenvalue weighted by Crippen LogP contribution is -2.53. The standard InChI is InChI=1S/C9H19N3O/c1-7(2)11-9(13)6-12-4-8(3-10)5-12/h7-8H,3-6,10H2,1-2H3,(H,11,13). The summed E-state index contributed by atoms with van der Waals surface area (Å²) in [5, 5.41) is 2.86. The molecule has 0 spiro atoms. The maximum absolute atomic E-state index is 11.3. The van der Waals surface area contributed by atoms with E-state index in [9.17, 15) is 4.79 Å². The number of likely N-dealkylation sites (tertiary alicyclic amines) is 1. The summed E-state index contributed by atoms with van der Waals surface area (Å²) in [6.45, 7) is 7.15. The van der Waals surface area contributed by atoms with Crippen molar-refractivity contribution in [3.05, 3.63) is 0 Å². The number of carbonyl (C=O) groups is 1. The minimum atomic E-state index is 0.116. The molecule has 0 aromatic rings. The van der Waals surface area contributed by atoms with E-state index in [1.165, 1.54) is 0 Å². The van der Waals surface area contributed by atoms with Crippen molar-refractivity contribution in [2.24, 2.45) is 11.7 Å². The highest BCUT2D eigenvalue weighted by atomic mass is 16.2. The van der Waals surface area contributed by atoms with Crippen molar-refractivity contribution in [3.8, 4) is 0 Å². The molecular formula is C9H19N3O. The van der Waals surface area contributed by atoms with Gasteiger partial charge in [0.25, 0.3) is 0 Å². The van der Waals surface area contributed by atoms with Gasteiger partial charge in [0.15, 0.2) is 0 Å². The average Bonchev–Trinajstić information content (AvgIpc) is 1.94. The Morgan fingerprint density at radius 3 is 2.69 bits per heavy atom. The lowest BCUT2D eigenvalue weighted by molar-refractivity contribution is -0.124. The second-order valence-electron chi connectivity index (χ2n) is 4.02. The summed E-state index contributed by atoms with van der Waals surface area (Å²) in [5.74, 6) is 0.720. The number of nitrogens with zero attached hydrogens (tertiary/aromatic N) is 1. The van der Waals surface area contributed by atoms with Gasteiger partial charge in [-0.15, -0.1) is 0 Å². The van der Waals surface area contributed by atoms with Crippen LogP contribution < -0.4 is 11.1 Å². The van der Waals surface area contributed by atoms with E-state index in [4.69, 9.17) is 5.73 Å². The number of rotatable bonds is 4. The first-order chi connectivity index (χ1) is 6.11. The van der Waals surface area contributed by atoms with Crippen molar-refractivity contribution < 1.29 is 4.79 Å². The second kappa shape index (κ2) is 4.58. The molecule has 0 unspecified atom stereocenters. The number of amides is 1. The first-order valence-corrected chi connectivity index (χ1v) is 4.83. The molecule has 0 aromatic carbocycles. The molecule has 0 aromatic heterocycles. The SMILES string of the molecule is CC(C)NC(=O)CN1CC(CN)C1. The zero-order valence-electron chi connectivity index (χ0n) is 8.42. The minimum Gasteiger partial charge on any atom is -0.353 e. The molecule has 4 nitrogen and oxygen atoms in total. The van der Waals surface area contributed by atoms with Crippen LogP contribution in [-0.2, 0) is 4.79 Å². The Morgan fingerprint density at radius 1 is 1.62 bits per heavy atom. The number of hydrogen-bond donors (Lipinski definition) is 2. The summed E-state index contributed by atoms with van der Waals surface area (Å²) in [5.41, 5.74) is 5.48. The van der Waals surface area contributed by atoms with Crippen LogP contribution in [0.5, 0.6) is 0 Å². The molecular weight excluding hydrogens is 166 g/mol. The van der Waals surface area contributed by atoms with Gasteiger partial charge in [-0.1, -0.05) is 0 Å². The summed E-state index contributed by atoms with van der Waals surface area (Å²) in [7, 11) is 0. The minimum absolute atomic E-state index is 0.116. The Kier molecular flexibility index (Phi) is 3.69. The monoisotopic (exact) mass is 185 g/mol. The van der Waals surface area contributed by atoms with Crippen LogP contribution in [0.2, 0.25) is 0 Å². The molecule has 1 fully saturated rings. The molecule has 3 N–H and O–H groups in total. The Balaban J connectivity index is 2.09. The fourth-order valence-electron chi connectivity index (χ4n) is 1.53. The molecule has 1 aliphatic heterocycles. The van der Waals surface area contributed by atoms with Crippen molar-refractivity contribution in [3.63, 3.8) is 0 Å². The van der Waals surface area contributed by atoms with Crippen molar-refractivity contribution in [1.29, 1.82) is 0 Å². The van der Waals surface area contributed by atoms with Crippen LogP contribution in [0.25, 0.3) is 0 Å². The van der Waals surface area contributed by atoms with Crippen molar-refractivity contribution in [2.75, 3.05) is 26.2 Å². The summed E-state index contributed by atoms with van der Waals surface area (Å²) >= 11 is 0. The lowest BCUT2D eigenvalue weighted by atomic mass is 10.0. The third-order valence-electron chi connectivity index (χ3n) is 2.18. The van der Waals surface area contributed by atoms with Crippen LogP contribution in [0.3, 0.4) is 0 Å². The van der Waals surface area contributed by atoms with Gasteiger partial charge in [-0.25, -0.2) is 0 Å². The van der Waals surface area contributed by atoms with Crippen LogP contribution in [0.4, 0.5) is 0 Å². The van der Waals surface area contributed by atoms with E-state index in [2.05, 4.69) is 10.2 Å². The highest BCUT2D eigenvalue weighted by Gasteiger charge is 2.26. The van der Waals surface area contributed by atoms with E-state index in [0.717, 1.165) is 19.6 Å². The highest BCUT2D eigenvalue weighted by Crippen LogP contribution is 2.12. The maximum Gasteiger partial charge on any atom is 0.234 e. The van der Waals surface area contributed by atoms with E-state index in [1.807, 2.05) is 13.8 Å². The van der Waals surface area contributed by atoms with Gasteiger partial charge in [0.2, 0.25) is 5.91 Å². The average molecular weight is 185 g/mol. The fraction of sp³-hybridized carbons (Fsp3) is 0.889. The third kappa shape index (κ3) is 3.32. The van der Waals surface area contributed by atoms with E-state index >= 15 is 0 Å². The van der Waals surface area contributed by atoms with Crippen molar-refractivity contribution >= 4 is 5.91 Å². The van der Waals surface area contributed by atoms with E-state index in [0.29, 0.717) is 12.5 Å². The smallest absolute Gasteiger partial charge is 0.234 e. The first kappa shape index (κ1) is 10.5. The molecule has 0 aliphatic carbocycles. The number of nitrogens with one attached hydrogen (secondary N) is 1. The molecule has 0 atom stereocenters. The quantitative estimate of drug-likeness (QED) is 0.615. The Labute approximate surface area is 79.5 Å². The maximum atomic E-state index is 11.3. The van der Waals surface area contributed by atoms with Gasteiger partial charge in [-0.05, 0) is 26.3 Å². The van der Waals surface area contributed by atoms with Gasteiger partial charge < -0.3 is 11.1 Å². The van der Waals surface area contributed by atoms with Crippen LogP contribution in [0, 0.1) is 5.92 Å². The van der Waals surface area contributed by atoms with E-state index in [-0.39, 0.29) is 11.9 Å². The van der Waals surface area contributed by atoms with Gasteiger partial charge in [0.1, 0.15) is 0 Å². The normalized spacial score (nSPS) is 18.8. The van der Waals surface area contributed by atoms with Crippen LogP contribution in [0.1, 0.15) is 13.8 Å². The summed E-state index contributed by atoms with van der Waals surface area (Å²) in [6.07, 6.45) is 0. The number of carbonyl (C=O) groups excluding carboxylic acids is 1. The molecule has 1 amide bonds. The Morgan fingerprint density at radius 2 is 2.23 bits per heavy atom. The molecule has 1 rings (SSSR count). The third-order valence-corrected chi connectivity index (χ3v) is 2.18. The summed E-state index contributed by atoms with van der Waals surface area (Å²) < 4.78 is 0. The Bertz CT molecular complexity index is 176. The van der Waals surface area contributed by atoms with E-state index < -0.39 is 0 Å². The highest BCUT2D eigenvalue weighted by molar-refractivity contribution is 5.78. The molecule has 1 aliphatic rings. The fourth-order valence-corrected chi connectivity index (χ4v) is 1.53. The van der Waals surface area contributed by atoms with Gasteiger partial charge in [-0.2, -0.15) is 0 Å². The van der Waals surface area contributed by atoms with Gasteiger partial charge in [-0.3, -0.25) is 9.69 Å². The van der Waals surface area contributed by atoms with Crippen molar-refractivity contribution in [2.45, 2.75) is 19.9 Å². The van der Waals surface area contributed by atoms with Crippen LogP contribution in [-0.4, -0.2) is 43.0 Å². The molecule has 1 saturated heterocycles. The number of hydrogen-bond acceptors (Lipinski definition) is 3. The zero-order valence-corrected chi connectivity index (χ0v) is 8.42. The van der Waals surface area contributed by atoms with E-state index in [1.54, 1.807) is 0 Å². The molecule has 0 saturated carbocycles. The second-order valence-corrected chi connectivity index (χ2v) is 4.02. The van der Waals surface area contributed by atoms with Gasteiger partial charge >= 0.3 is 0 Å². The molecule has 76 valence electrons. The largest absolute Gasteiger partial charge is 0.353 e. The molecule has 0 radical (unpaired) electrons. The van der Waals surface area contributed by atoms with Gasteiger partial charge in [0.05, 0.1) is 6.54 Å². The molecule has 13 heavy (non-hydrogen) atoms. The van der Waals surface area contributed by atoms with Crippen molar-refractivity contribution in [1.82, 2.24) is 10.2 Å². The predicted molar refractivity (Wildman–Crippen MR) is 52.3 cm³/mol. The summed E-state index contributed by atoms with van der Waals surface area (Å²) in [4.78, 5) is 13.4. The first-order valence-electron chi connectivity index (χ1n) is 4.83. The topological polar surface area (TPSA) is 58.4 Å².